The van der Waals surface area contributed by atoms with Gasteiger partial charge in [-0.15, -0.1) is 0 Å². The standard InChI is InChI=1S/C19H21N3O4S/c1-21(12-15-13-25-18-8-4-5-9-19(18)26-15)27(23,24)11-10-22-14-20-16-6-2-3-7-17(16)22/h2-9,14-15H,10-13H2,1H3/t15-/m1/s1. The van der Waals surface area contributed by atoms with E-state index >= 15 is 0 Å². The Morgan fingerprint density at radius 2 is 1.89 bits per heavy atom. The van der Waals surface area contributed by atoms with E-state index in [1.807, 2.05) is 53.1 Å². The van der Waals surface area contributed by atoms with Crippen molar-refractivity contribution in [3.63, 3.8) is 0 Å². The van der Waals surface area contributed by atoms with Gasteiger partial charge in [-0.05, 0) is 24.3 Å². The van der Waals surface area contributed by atoms with Crippen LogP contribution in [0.2, 0.25) is 0 Å². The molecule has 1 aromatic heterocycles. The van der Waals surface area contributed by atoms with Crippen molar-refractivity contribution in [3.05, 3.63) is 54.9 Å². The van der Waals surface area contributed by atoms with E-state index < -0.39 is 10.0 Å². The highest BCUT2D eigenvalue weighted by atomic mass is 32.2. The van der Waals surface area contributed by atoms with E-state index in [2.05, 4.69) is 4.98 Å². The number of nitrogens with zero attached hydrogens (tertiary/aromatic N) is 3. The van der Waals surface area contributed by atoms with Crippen LogP contribution in [0.25, 0.3) is 11.0 Å². The van der Waals surface area contributed by atoms with Gasteiger partial charge in [0.2, 0.25) is 10.0 Å². The number of sulfonamides is 1. The minimum atomic E-state index is -3.43. The average Bonchev–Trinajstić information content (AvgIpc) is 3.09. The summed E-state index contributed by atoms with van der Waals surface area (Å²) in [7, 11) is -1.86. The first-order chi connectivity index (χ1) is 13.0. The van der Waals surface area contributed by atoms with E-state index in [1.54, 1.807) is 13.4 Å². The molecule has 0 unspecified atom stereocenters. The molecule has 0 fully saturated rings. The number of ether oxygens (including phenoxy) is 2. The van der Waals surface area contributed by atoms with E-state index in [4.69, 9.17) is 9.47 Å². The van der Waals surface area contributed by atoms with Crippen molar-refractivity contribution in [2.45, 2.75) is 12.6 Å². The summed E-state index contributed by atoms with van der Waals surface area (Å²) < 4.78 is 40.1. The highest BCUT2D eigenvalue weighted by Gasteiger charge is 2.26. The Kier molecular flexibility index (Phi) is 4.75. The van der Waals surface area contributed by atoms with Crippen LogP contribution in [0.15, 0.2) is 54.9 Å². The molecule has 2 heterocycles. The number of fused-ring (bicyclic) bond motifs is 2. The molecule has 27 heavy (non-hydrogen) atoms. The van der Waals surface area contributed by atoms with Crippen molar-refractivity contribution in [2.24, 2.45) is 0 Å². The Balaban J connectivity index is 1.38. The first-order valence-electron chi connectivity index (χ1n) is 8.75. The lowest BCUT2D eigenvalue weighted by Crippen LogP contribution is -2.42. The van der Waals surface area contributed by atoms with Crippen LogP contribution in [-0.2, 0) is 16.6 Å². The summed E-state index contributed by atoms with van der Waals surface area (Å²) in [4.78, 5) is 4.30. The van der Waals surface area contributed by atoms with E-state index in [9.17, 15) is 8.42 Å². The van der Waals surface area contributed by atoms with Crippen molar-refractivity contribution < 1.29 is 17.9 Å². The molecule has 0 radical (unpaired) electrons. The van der Waals surface area contributed by atoms with Crippen LogP contribution in [0, 0.1) is 0 Å². The van der Waals surface area contributed by atoms with Gasteiger partial charge in [0.05, 0.1) is 29.7 Å². The fraction of sp³-hybridized carbons (Fsp3) is 0.316. The second-order valence-electron chi connectivity index (χ2n) is 6.52. The molecule has 0 saturated carbocycles. The summed E-state index contributed by atoms with van der Waals surface area (Å²) >= 11 is 0. The van der Waals surface area contributed by atoms with E-state index in [1.165, 1.54) is 4.31 Å². The molecular formula is C19H21N3O4S. The van der Waals surface area contributed by atoms with Crippen LogP contribution in [0.4, 0.5) is 0 Å². The van der Waals surface area contributed by atoms with Gasteiger partial charge in [-0.3, -0.25) is 0 Å². The summed E-state index contributed by atoms with van der Waals surface area (Å²) in [5.41, 5.74) is 1.78. The molecule has 0 aliphatic carbocycles. The molecule has 4 rings (SSSR count). The van der Waals surface area contributed by atoms with Gasteiger partial charge in [0.15, 0.2) is 11.5 Å². The molecule has 3 aromatic rings. The zero-order valence-electron chi connectivity index (χ0n) is 15.0. The molecule has 2 aromatic carbocycles. The topological polar surface area (TPSA) is 73.7 Å². The molecular weight excluding hydrogens is 366 g/mol. The Morgan fingerprint density at radius 1 is 1.15 bits per heavy atom. The van der Waals surface area contributed by atoms with Gasteiger partial charge < -0.3 is 14.0 Å². The molecule has 0 amide bonds. The molecule has 1 aliphatic heterocycles. The van der Waals surface area contributed by atoms with Crippen LogP contribution in [0.1, 0.15) is 0 Å². The number of hydrogen-bond donors (Lipinski definition) is 0. The largest absolute Gasteiger partial charge is 0.486 e. The van der Waals surface area contributed by atoms with Crippen molar-refractivity contribution in [1.82, 2.24) is 13.9 Å². The third-order valence-electron chi connectivity index (χ3n) is 4.62. The minimum absolute atomic E-state index is 0.00593. The normalized spacial score (nSPS) is 16.7. The first-order valence-corrected chi connectivity index (χ1v) is 10.4. The summed E-state index contributed by atoms with van der Waals surface area (Å²) in [5, 5.41) is 0. The van der Waals surface area contributed by atoms with E-state index in [-0.39, 0.29) is 18.4 Å². The van der Waals surface area contributed by atoms with Crippen LogP contribution < -0.4 is 9.47 Å². The summed E-state index contributed by atoms with van der Waals surface area (Å²) in [6, 6.07) is 15.1. The monoisotopic (exact) mass is 387 g/mol. The number of rotatable bonds is 6. The SMILES string of the molecule is CN(C[C@@H]1COc2ccccc2O1)S(=O)(=O)CCn1cnc2ccccc21. The highest BCUT2D eigenvalue weighted by molar-refractivity contribution is 7.89. The predicted molar refractivity (Wildman–Crippen MR) is 103 cm³/mol. The second-order valence-corrected chi connectivity index (χ2v) is 8.72. The van der Waals surface area contributed by atoms with Gasteiger partial charge in [0, 0.05) is 13.6 Å². The lowest BCUT2D eigenvalue weighted by molar-refractivity contribution is 0.0798. The maximum Gasteiger partial charge on any atom is 0.215 e. The van der Waals surface area contributed by atoms with Gasteiger partial charge in [0.25, 0.3) is 0 Å². The predicted octanol–water partition coefficient (Wildman–Crippen LogP) is 2.14. The van der Waals surface area contributed by atoms with E-state index in [0.717, 1.165) is 11.0 Å². The fourth-order valence-corrected chi connectivity index (χ4v) is 4.24. The number of aryl methyl sites for hydroxylation is 1. The maximum absolute atomic E-state index is 12.7. The van der Waals surface area contributed by atoms with Crippen LogP contribution >= 0.6 is 0 Å². The summed E-state index contributed by atoms with van der Waals surface area (Å²) in [5.74, 6) is 1.32. The molecule has 142 valence electrons. The Hall–Kier alpha value is -2.58. The van der Waals surface area contributed by atoms with Crippen molar-refractivity contribution >= 4 is 21.1 Å². The van der Waals surface area contributed by atoms with E-state index in [0.29, 0.717) is 24.7 Å². The van der Waals surface area contributed by atoms with Crippen molar-refractivity contribution in [3.8, 4) is 11.5 Å². The lowest BCUT2D eigenvalue weighted by atomic mass is 10.2. The van der Waals surface area contributed by atoms with Crippen LogP contribution in [-0.4, -0.2) is 54.3 Å². The van der Waals surface area contributed by atoms with Gasteiger partial charge in [-0.1, -0.05) is 24.3 Å². The number of benzene rings is 2. The molecule has 0 spiro atoms. The Bertz CT molecular complexity index is 1050. The second kappa shape index (κ2) is 7.21. The van der Waals surface area contributed by atoms with Gasteiger partial charge in [0.1, 0.15) is 12.7 Å². The van der Waals surface area contributed by atoms with Crippen molar-refractivity contribution in [2.75, 3.05) is 26.0 Å². The zero-order valence-corrected chi connectivity index (χ0v) is 15.8. The van der Waals surface area contributed by atoms with Gasteiger partial charge in [-0.25, -0.2) is 17.7 Å². The molecule has 0 N–H and O–H groups in total. The third-order valence-corrected chi connectivity index (χ3v) is 6.42. The third kappa shape index (κ3) is 3.77. The highest BCUT2D eigenvalue weighted by Crippen LogP contribution is 2.31. The average molecular weight is 387 g/mol. The molecule has 7 nitrogen and oxygen atoms in total. The molecule has 1 atom stereocenters. The van der Waals surface area contributed by atoms with Gasteiger partial charge >= 0.3 is 0 Å². The fourth-order valence-electron chi connectivity index (χ4n) is 3.11. The molecule has 1 aliphatic rings. The zero-order chi connectivity index (χ0) is 18.9. The number of likely N-dealkylation sites (N-methyl/N-ethyl adjacent to an activating group) is 1. The summed E-state index contributed by atoms with van der Waals surface area (Å²) in [6.07, 6.45) is 1.34. The van der Waals surface area contributed by atoms with Crippen molar-refractivity contribution in [1.29, 1.82) is 0 Å². The minimum Gasteiger partial charge on any atom is -0.486 e. The first kappa shape index (κ1) is 17.8. The molecule has 0 bridgehead atoms. The Labute approximate surface area is 158 Å². The smallest absolute Gasteiger partial charge is 0.215 e. The van der Waals surface area contributed by atoms with Crippen LogP contribution in [0.3, 0.4) is 0 Å². The number of aromatic nitrogens is 2. The molecule has 8 heteroatoms. The quantitative estimate of drug-likeness (QED) is 0.648. The molecule has 0 saturated heterocycles. The summed E-state index contributed by atoms with van der Waals surface area (Å²) in [6.45, 7) is 0.905. The number of imidazole rings is 1. The van der Waals surface area contributed by atoms with Gasteiger partial charge in [-0.2, -0.15) is 0 Å². The number of para-hydroxylation sites is 4. The maximum atomic E-state index is 12.7. The Morgan fingerprint density at radius 3 is 2.74 bits per heavy atom. The lowest BCUT2D eigenvalue weighted by Gasteiger charge is -2.29. The van der Waals surface area contributed by atoms with Crippen LogP contribution in [0.5, 0.6) is 11.5 Å². The number of hydrogen-bond acceptors (Lipinski definition) is 5.